The van der Waals surface area contributed by atoms with Gasteiger partial charge < -0.3 is 10.4 Å². The minimum Gasteiger partial charge on any atom is -0.481 e. The quantitative estimate of drug-likeness (QED) is 0.894. The number of aromatic nitrogens is 1. The van der Waals surface area contributed by atoms with Gasteiger partial charge in [0, 0.05) is 12.4 Å². The van der Waals surface area contributed by atoms with Crippen molar-refractivity contribution in [2.75, 3.05) is 5.32 Å². The van der Waals surface area contributed by atoms with Gasteiger partial charge in [0.25, 0.3) is 0 Å². The second kappa shape index (κ2) is 5.69. The van der Waals surface area contributed by atoms with Crippen LogP contribution in [0.2, 0.25) is 0 Å². The van der Waals surface area contributed by atoms with E-state index in [0.29, 0.717) is 23.0 Å². The number of hydrogen-bond acceptors (Lipinski definition) is 3. The number of carbonyl (C=O) groups is 2. The smallest absolute Gasteiger partial charge is 0.307 e. The predicted octanol–water partition coefficient (Wildman–Crippen LogP) is 2.53. The van der Waals surface area contributed by atoms with Crippen LogP contribution in [0.3, 0.4) is 0 Å². The van der Waals surface area contributed by atoms with Gasteiger partial charge >= 0.3 is 5.97 Å². The van der Waals surface area contributed by atoms with Crippen molar-refractivity contribution >= 4 is 33.5 Å². The molecule has 1 fully saturated rings. The van der Waals surface area contributed by atoms with Crippen LogP contribution in [0.1, 0.15) is 19.8 Å². The number of pyridine rings is 1. The molecule has 5 nitrogen and oxygen atoms in total. The number of nitrogens with one attached hydrogen (secondary N) is 1. The van der Waals surface area contributed by atoms with Crippen molar-refractivity contribution in [3.8, 4) is 0 Å². The number of rotatable bonds is 3. The summed E-state index contributed by atoms with van der Waals surface area (Å²) >= 11 is 3.30. The fourth-order valence-corrected chi connectivity index (χ4v) is 2.91. The van der Waals surface area contributed by atoms with Gasteiger partial charge in [-0.3, -0.25) is 14.6 Å². The third kappa shape index (κ3) is 3.12. The van der Waals surface area contributed by atoms with Gasteiger partial charge in [0.05, 0.1) is 22.0 Å². The molecule has 0 aromatic carbocycles. The van der Waals surface area contributed by atoms with Gasteiger partial charge in [0.15, 0.2) is 0 Å². The average molecular weight is 327 g/mol. The van der Waals surface area contributed by atoms with Crippen LogP contribution >= 0.6 is 15.9 Å². The number of anilines is 1. The van der Waals surface area contributed by atoms with E-state index in [2.05, 4.69) is 26.2 Å². The second-order valence-electron chi connectivity index (χ2n) is 4.97. The van der Waals surface area contributed by atoms with Crippen molar-refractivity contribution in [3.63, 3.8) is 0 Å². The molecule has 1 saturated carbocycles. The molecule has 1 aliphatic rings. The number of carboxylic acid groups (broad SMARTS) is 1. The highest BCUT2D eigenvalue weighted by Crippen LogP contribution is 2.37. The van der Waals surface area contributed by atoms with Gasteiger partial charge in [-0.25, -0.2) is 0 Å². The van der Waals surface area contributed by atoms with E-state index < -0.39 is 17.8 Å². The molecule has 1 aromatic heterocycles. The standard InChI is InChI=1S/C13H15BrN2O3/c1-7-4-8(9(5-7)13(18)19)12(17)16-11-2-3-15-6-10(11)14/h2-3,6-9H,4-5H2,1H3,(H,18,19)(H,15,16,17)/t7?,8-,9+/m0/s1. The Balaban J connectivity index is 2.11. The topological polar surface area (TPSA) is 79.3 Å². The van der Waals surface area contributed by atoms with Crippen molar-refractivity contribution < 1.29 is 14.7 Å². The average Bonchev–Trinajstić information content (AvgIpc) is 2.74. The molecule has 1 aliphatic carbocycles. The van der Waals surface area contributed by atoms with E-state index in [-0.39, 0.29) is 11.8 Å². The molecule has 1 amide bonds. The van der Waals surface area contributed by atoms with Gasteiger partial charge in [0.2, 0.25) is 5.91 Å². The fraction of sp³-hybridized carbons (Fsp3) is 0.462. The third-order valence-corrected chi connectivity index (χ3v) is 4.11. The lowest BCUT2D eigenvalue weighted by Gasteiger charge is -2.16. The van der Waals surface area contributed by atoms with Crippen LogP contribution in [0.25, 0.3) is 0 Å². The molecule has 2 rings (SSSR count). The molecule has 0 radical (unpaired) electrons. The summed E-state index contributed by atoms with van der Waals surface area (Å²) in [6.07, 6.45) is 4.34. The van der Waals surface area contributed by atoms with Crippen molar-refractivity contribution in [2.24, 2.45) is 17.8 Å². The first-order chi connectivity index (χ1) is 8.99. The summed E-state index contributed by atoms with van der Waals surface area (Å²) in [6.45, 7) is 1.98. The molecule has 0 saturated heterocycles. The van der Waals surface area contributed by atoms with E-state index in [9.17, 15) is 14.7 Å². The molecule has 6 heteroatoms. The van der Waals surface area contributed by atoms with Crippen LogP contribution in [0.15, 0.2) is 22.9 Å². The first-order valence-electron chi connectivity index (χ1n) is 6.12. The molecular formula is C13H15BrN2O3. The number of nitrogens with zero attached hydrogens (tertiary/aromatic N) is 1. The molecular weight excluding hydrogens is 312 g/mol. The predicted molar refractivity (Wildman–Crippen MR) is 73.6 cm³/mol. The Kier molecular flexibility index (Phi) is 4.19. The maximum Gasteiger partial charge on any atom is 0.307 e. The number of carbonyl (C=O) groups excluding carboxylic acids is 1. The van der Waals surface area contributed by atoms with Crippen molar-refractivity contribution in [3.05, 3.63) is 22.9 Å². The highest BCUT2D eigenvalue weighted by molar-refractivity contribution is 9.10. The van der Waals surface area contributed by atoms with Crippen molar-refractivity contribution in [1.82, 2.24) is 4.98 Å². The summed E-state index contributed by atoms with van der Waals surface area (Å²) in [7, 11) is 0. The molecule has 2 N–H and O–H groups in total. The first kappa shape index (κ1) is 14.0. The number of halogens is 1. The largest absolute Gasteiger partial charge is 0.481 e. The Hall–Kier alpha value is -1.43. The van der Waals surface area contributed by atoms with E-state index >= 15 is 0 Å². The molecule has 1 aromatic rings. The molecule has 1 unspecified atom stereocenters. The van der Waals surface area contributed by atoms with E-state index in [0.717, 1.165) is 0 Å². The molecule has 19 heavy (non-hydrogen) atoms. The van der Waals surface area contributed by atoms with Crippen LogP contribution in [0.5, 0.6) is 0 Å². The van der Waals surface area contributed by atoms with Crippen LogP contribution in [-0.4, -0.2) is 22.0 Å². The summed E-state index contributed by atoms with van der Waals surface area (Å²) in [4.78, 5) is 27.3. The first-order valence-corrected chi connectivity index (χ1v) is 6.91. The molecule has 1 heterocycles. The summed E-state index contributed by atoms with van der Waals surface area (Å²) in [5.74, 6) is -1.91. The van der Waals surface area contributed by atoms with Gasteiger partial charge in [-0.1, -0.05) is 6.92 Å². The zero-order chi connectivity index (χ0) is 14.0. The summed E-state index contributed by atoms with van der Waals surface area (Å²) < 4.78 is 0.682. The van der Waals surface area contributed by atoms with Crippen molar-refractivity contribution in [2.45, 2.75) is 19.8 Å². The van der Waals surface area contributed by atoms with Crippen molar-refractivity contribution in [1.29, 1.82) is 0 Å². The van der Waals surface area contributed by atoms with Gasteiger partial charge in [-0.15, -0.1) is 0 Å². The Bertz CT molecular complexity index is 506. The Morgan fingerprint density at radius 3 is 2.74 bits per heavy atom. The number of hydrogen-bond donors (Lipinski definition) is 2. The Morgan fingerprint density at radius 1 is 1.42 bits per heavy atom. The molecule has 0 bridgehead atoms. The lowest BCUT2D eigenvalue weighted by Crippen LogP contribution is -2.30. The van der Waals surface area contributed by atoms with Gasteiger partial charge in [-0.05, 0) is 40.8 Å². The van der Waals surface area contributed by atoms with E-state index in [1.165, 1.54) is 0 Å². The number of carboxylic acids is 1. The maximum atomic E-state index is 12.2. The number of aliphatic carboxylic acids is 1. The highest BCUT2D eigenvalue weighted by atomic mass is 79.9. The molecule has 3 atom stereocenters. The normalized spacial score (nSPS) is 26.1. The van der Waals surface area contributed by atoms with Gasteiger partial charge in [0.1, 0.15) is 0 Å². The molecule has 0 aliphatic heterocycles. The van der Waals surface area contributed by atoms with Crippen LogP contribution in [-0.2, 0) is 9.59 Å². The molecule has 0 spiro atoms. The number of amides is 1. The molecule has 102 valence electrons. The highest BCUT2D eigenvalue weighted by Gasteiger charge is 2.41. The van der Waals surface area contributed by atoms with Crippen LogP contribution in [0.4, 0.5) is 5.69 Å². The van der Waals surface area contributed by atoms with E-state index in [1.807, 2.05) is 6.92 Å². The SMILES string of the molecule is CC1C[C@H](C(=O)Nc2ccncc2Br)[C@H](C(=O)O)C1. The minimum absolute atomic E-state index is 0.233. The summed E-state index contributed by atoms with van der Waals surface area (Å²) in [6, 6.07) is 1.68. The zero-order valence-electron chi connectivity index (χ0n) is 10.5. The summed E-state index contributed by atoms with van der Waals surface area (Å²) in [5.41, 5.74) is 0.615. The van der Waals surface area contributed by atoms with E-state index in [1.54, 1.807) is 18.5 Å². The third-order valence-electron chi connectivity index (χ3n) is 3.48. The van der Waals surface area contributed by atoms with E-state index in [4.69, 9.17) is 0 Å². The summed E-state index contributed by atoms with van der Waals surface area (Å²) in [5, 5.41) is 11.9. The minimum atomic E-state index is -0.890. The Labute approximate surface area is 119 Å². The maximum absolute atomic E-state index is 12.2. The second-order valence-corrected chi connectivity index (χ2v) is 5.83. The van der Waals surface area contributed by atoms with Gasteiger partial charge in [-0.2, -0.15) is 0 Å². The zero-order valence-corrected chi connectivity index (χ0v) is 12.1. The lowest BCUT2D eigenvalue weighted by atomic mass is 9.95. The lowest BCUT2D eigenvalue weighted by molar-refractivity contribution is -0.145. The fourth-order valence-electron chi connectivity index (χ4n) is 2.56. The van der Waals surface area contributed by atoms with Crippen LogP contribution in [0, 0.1) is 17.8 Å². The Morgan fingerprint density at radius 2 is 2.11 bits per heavy atom. The monoisotopic (exact) mass is 326 g/mol. The van der Waals surface area contributed by atoms with Crippen LogP contribution < -0.4 is 5.32 Å².